The van der Waals surface area contributed by atoms with E-state index in [1.165, 1.54) is 12.1 Å². The molecule has 0 saturated carbocycles. The van der Waals surface area contributed by atoms with E-state index in [4.69, 9.17) is 11.6 Å². The highest BCUT2D eigenvalue weighted by molar-refractivity contribution is 6.30. The number of hydrogen-bond donors (Lipinski definition) is 1. The Morgan fingerprint density at radius 3 is 2.56 bits per heavy atom. The predicted molar refractivity (Wildman–Crippen MR) is 75.4 cm³/mol. The predicted octanol–water partition coefficient (Wildman–Crippen LogP) is 4.60. The molecule has 0 aliphatic heterocycles. The van der Waals surface area contributed by atoms with Gasteiger partial charge in [0, 0.05) is 12.2 Å². The second kappa shape index (κ2) is 5.69. The molecular formula is C15H13ClFN. The van der Waals surface area contributed by atoms with Crippen LogP contribution in [0.3, 0.4) is 0 Å². The standard InChI is InChI=1S/C15H13ClFN/c1-11(12-5-3-2-4-6-12)10-18-13-7-8-14(16)15(17)9-13/h2-9,18H,1,10H2. The molecule has 1 N–H and O–H groups in total. The Hall–Kier alpha value is -1.80. The Balaban J connectivity index is 1.99. The largest absolute Gasteiger partial charge is 0.381 e. The first-order valence-electron chi connectivity index (χ1n) is 5.59. The molecule has 0 unspecified atom stereocenters. The van der Waals surface area contributed by atoms with Gasteiger partial charge in [-0.25, -0.2) is 4.39 Å². The van der Waals surface area contributed by atoms with Gasteiger partial charge in [0.15, 0.2) is 0 Å². The van der Waals surface area contributed by atoms with Crippen LogP contribution in [0.15, 0.2) is 55.1 Å². The molecule has 0 saturated heterocycles. The van der Waals surface area contributed by atoms with Gasteiger partial charge in [-0.1, -0.05) is 48.5 Å². The van der Waals surface area contributed by atoms with Crippen molar-refractivity contribution in [3.8, 4) is 0 Å². The van der Waals surface area contributed by atoms with Gasteiger partial charge in [-0.15, -0.1) is 0 Å². The van der Waals surface area contributed by atoms with Gasteiger partial charge in [0.05, 0.1) is 5.02 Å². The van der Waals surface area contributed by atoms with E-state index in [0.717, 1.165) is 11.1 Å². The van der Waals surface area contributed by atoms with Crippen LogP contribution in [-0.4, -0.2) is 6.54 Å². The van der Waals surface area contributed by atoms with E-state index in [2.05, 4.69) is 11.9 Å². The Bertz CT molecular complexity index is 552. The van der Waals surface area contributed by atoms with E-state index < -0.39 is 5.82 Å². The van der Waals surface area contributed by atoms with Crippen molar-refractivity contribution in [3.63, 3.8) is 0 Å². The van der Waals surface area contributed by atoms with E-state index in [-0.39, 0.29) is 5.02 Å². The third kappa shape index (κ3) is 3.11. The van der Waals surface area contributed by atoms with Gasteiger partial charge < -0.3 is 5.32 Å². The molecule has 0 aliphatic carbocycles. The number of rotatable bonds is 4. The molecular weight excluding hydrogens is 249 g/mol. The quantitative estimate of drug-likeness (QED) is 0.848. The van der Waals surface area contributed by atoms with Crippen molar-refractivity contribution < 1.29 is 4.39 Å². The minimum atomic E-state index is -0.424. The van der Waals surface area contributed by atoms with Gasteiger partial charge in [0.1, 0.15) is 5.82 Å². The van der Waals surface area contributed by atoms with Crippen LogP contribution in [0.5, 0.6) is 0 Å². The van der Waals surface area contributed by atoms with E-state index >= 15 is 0 Å². The first-order chi connectivity index (χ1) is 8.66. The number of benzene rings is 2. The van der Waals surface area contributed by atoms with Crippen LogP contribution in [0.2, 0.25) is 5.02 Å². The first-order valence-corrected chi connectivity index (χ1v) is 5.97. The van der Waals surface area contributed by atoms with E-state index in [1.807, 2.05) is 30.3 Å². The average molecular weight is 262 g/mol. The highest BCUT2D eigenvalue weighted by Crippen LogP contribution is 2.19. The second-order valence-corrected chi connectivity index (χ2v) is 4.36. The molecule has 0 fully saturated rings. The van der Waals surface area contributed by atoms with Gasteiger partial charge >= 0.3 is 0 Å². The molecule has 3 heteroatoms. The van der Waals surface area contributed by atoms with E-state index in [0.29, 0.717) is 12.2 Å². The lowest BCUT2D eigenvalue weighted by Crippen LogP contribution is -2.03. The smallest absolute Gasteiger partial charge is 0.143 e. The molecule has 2 aromatic carbocycles. The molecule has 18 heavy (non-hydrogen) atoms. The Morgan fingerprint density at radius 1 is 1.17 bits per heavy atom. The normalized spacial score (nSPS) is 10.1. The zero-order valence-electron chi connectivity index (χ0n) is 9.79. The maximum Gasteiger partial charge on any atom is 0.143 e. The van der Waals surface area contributed by atoms with Gasteiger partial charge in [-0.05, 0) is 29.3 Å². The van der Waals surface area contributed by atoms with Crippen molar-refractivity contribution in [2.75, 3.05) is 11.9 Å². The maximum atomic E-state index is 13.2. The first kappa shape index (κ1) is 12.7. The Morgan fingerprint density at radius 2 is 1.89 bits per heavy atom. The molecule has 0 amide bonds. The SMILES string of the molecule is C=C(CNc1ccc(Cl)c(F)c1)c1ccccc1. The lowest BCUT2D eigenvalue weighted by Gasteiger charge is -2.09. The number of halogens is 2. The Labute approximate surface area is 111 Å². The van der Waals surface area contributed by atoms with Gasteiger partial charge in [-0.2, -0.15) is 0 Å². The van der Waals surface area contributed by atoms with Crippen LogP contribution in [0.4, 0.5) is 10.1 Å². The van der Waals surface area contributed by atoms with Crippen LogP contribution < -0.4 is 5.32 Å². The van der Waals surface area contributed by atoms with Crippen LogP contribution in [0.1, 0.15) is 5.56 Å². The third-order valence-electron chi connectivity index (χ3n) is 2.61. The number of hydrogen-bond acceptors (Lipinski definition) is 1. The van der Waals surface area contributed by atoms with Crippen molar-refractivity contribution in [1.82, 2.24) is 0 Å². The zero-order chi connectivity index (χ0) is 13.0. The van der Waals surface area contributed by atoms with Crippen LogP contribution in [-0.2, 0) is 0 Å². The molecule has 0 aliphatic rings. The summed E-state index contributed by atoms with van der Waals surface area (Å²) < 4.78 is 13.2. The van der Waals surface area contributed by atoms with E-state index in [9.17, 15) is 4.39 Å². The fourth-order valence-corrected chi connectivity index (χ4v) is 1.71. The highest BCUT2D eigenvalue weighted by atomic mass is 35.5. The fourth-order valence-electron chi connectivity index (χ4n) is 1.59. The minimum Gasteiger partial charge on any atom is -0.381 e. The summed E-state index contributed by atoms with van der Waals surface area (Å²) in [6.07, 6.45) is 0. The molecule has 0 spiro atoms. The minimum absolute atomic E-state index is 0.127. The molecule has 0 atom stereocenters. The average Bonchev–Trinajstić information content (AvgIpc) is 2.41. The summed E-state index contributed by atoms with van der Waals surface area (Å²) in [7, 11) is 0. The van der Waals surface area contributed by atoms with Crippen LogP contribution in [0.25, 0.3) is 5.57 Å². The molecule has 1 nitrogen and oxygen atoms in total. The highest BCUT2D eigenvalue weighted by Gasteiger charge is 2.02. The third-order valence-corrected chi connectivity index (χ3v) is 2.91. The summed E-state index contributed by atoms with van der Waals surface area (Å²) in [5.41, 5.74) is 2.71. The summed E-state index contributed by atoms with van der Waals surface area (Å²) in [5, 5.41) is 3.24. The number of anilines is 1. The van der Waals surface area contributed by atoms with E-state index in [1.54, 1.807) is 6.07 Å². The van der Waals surface area contributed by atoms with Crippen molar-refractivity contribution in [1.29, 1.82) is 0 Å². The maximum absolute atomic E-state index is 13.2. The molecule has 0 bridgehead atoms. The monoisotopic (exact) mass is 261 g/mol. The summed E-state index contributed by atoms with van der Waals surface area (Å²) in [5.74, 6) is -0.424. The van der Waals surface area contributed by atoms with Crippen LogP contribution >= 0.6 is 11.6 Å². The molecule has 92 valence electrons. The van der Waals surface area contributed by atoms with Crippen molar-refractivity contribution in [2.45, 2.75) is 0 Å². The summed E-state index contributed by atoms with van der Waals surface area (Å²) >= 11 is 5.62. The summed E-state index contributed by atoms with van der Waals surface area (Å²) in [4.78, 5) is 0. The molecule has 0 heterocycles. The summed E-state index contributed by atoms with van der Waals surface area (Å²) in [6.45, 7) is 4.56. The van der Waals surface area contributed by atoms with Gasteiger partial charge in [0.25, 0.3) is 0 Å². The molecule has 2 rings (SSSR count). The number of nitrogens with one attached hydrogen (secondary N) is 1. The van der Waals surface area contributed by atoms with Crippen LogP contribution in [0, 0.1) is 5.82 Å². The second-order valence-electron chi connectivity index (χ2n) is 3.95. The van der Waals surface area contributed by atoms with Gasteiger partial charge in [-0.3, -0.25) is 0 Å². The van der Waals surface area contributed by atoms with Crippen molar-refractivity contribution in [3.05, 3.63) is 71.5 Å². The topological polar surface area (TPSA) is 12.0 Å². The lowest BCUT2D eigenvalue weighted by molar-refractivity contribution is 0.629. The van der Waals surface area contributed by atoms with Crippen molar-refractivity contribution >= 4 is 22.9 Å². The zero-order valence-corrected chi connectivity index (χ0v) is 10.5. The lowest BCUT2D eigenvalue weighted by atomic mass is 10.1. The van der Waals surface area contributed by atoms with Gasteiger partial charge in [0.2, 0.25) is 0 Å². The molecule has 2 aromatic rings. The summed E-state index contributed by atoms with van der Waals surface area (Å²) in [6, 6.07) is 14.5. The fraction of sp³-hybridized carbons (Fsp3) is 0.0667. The van der Waals surface area contributed by atoms with Crippen molar-refractivity contribution in [2.24, 2.45) is 0 Å². The molecule has 0 radical (unpaired) electrons. The molecule has 0 aromatic heterocycles. The Kier molecular flexibility index (Phi) is 4.00.